The number of carbonyl (C=O) groups is 4. The Morgan fingerprint density at radius 3 is 2.43 bits per heavy atom. The monoisotopic (exact) mass is 416 g/mol. The van der Waals surface area contributed by atoms with E-state index < -0.39 is 68.6 Å². The molecule has 0 radical (unpaired) electrons. The zero-order valence-electron chi connectivity index (χ0n) is 17.5. The number of hydrogen-bond donors (Lipinski definition) is 5. The van der Waals surface area contributed by atoms with Crippen LogP contribution in [0.3, 0.4) is 0 Å². The summed E-state index contributed by atoms with van der Waals surface area (Å²) in [6.07, 6.45) is -7.26. The zero-order chi connectivity index (χ0) is 22.5. The summed E-state index contributed by atoms with van der Waals surface area (Å²) >= 11 is -1.36. The van der Waals surface area contributed by atoms with Crippen LogP contribution in [0.4, 0.5) is 0 Å². The predicted molar refractivity (Wildman–Crippen MR) is 87.4 cm³/mol. The summed E-state index contributed by atoms with van der Waals surface area (Å²) in [6.45, 7) is -0.749. The molecule has 11 heteroatoms. The minimum atomic E-state index is -3.67. The van der Waals surface area contributed by atoms with Gasteiger partial charge in [-0.15, -0.1) is 0 Å². The Morgan fingerprint density at radius 2 is 1.96 bits per heavy atom. The van der Waals surface area contributed by atoms with Gasteiger partial charge in [-0.05, 0) is 0 Å². The van der Waals surface area contributed by atoms with E-state index in [-0.39, 0.29) is 5.75 Å². The Hall–Kier alpha value is -1.25. The van der Waals surface area contributed by atoms with Crippen LogP contribution in [-0.4, -0.2) is 71.8 Å². The van der Waals surface area contributed by atoms with E-state index in [1.54, 1.807) is 0 Å². The van der Waals surface area contributed by atoms with Gasteiger partial charge >= 0.3 is 148 Å². The van der Waals surface area contributed by atoms with Crippen molar-refractivity contribution in [1.82, 2.24) is 10.6 Å². The molecule has 0 unspecified atom stereocenters. The number of rotatable bonds is 11. The van der Waals surface area contributed by atoms with Gasteiger partial charge in [0, 0.05) is 0 Å². The first-order valence-electron chi connectivity index (χ1n) is 8.61. The Morgan fingerprint density at radius 1 is 1.35 bits per heavy atom. The molecule has 132 valence electrons. The molecular weight excluding hydrogens is 389 g/mol. The van der Waals surface area contributed by atoms with E-state index in [0.29, 0.717) is 0 Å². The van der Waals surface area contributed by atoms with Gasteiger partial charge in [-0.1, -0.05) is 0 Å². The SMILES string of the molecule is [2H]C([2H])(C(=O)N[C@@H](CS[As](C)C)C(=O)NCC(=O)O)C([2H])([2H])[C@]([2H])(N)C(=O)O. The van der Waals surface area contributed by atoms with Gasteiger partial charge in [0.2, 0.25) is 0 Å². The molecule has 0 saturated carbocycles. The fourth-order valence-electron chi connectivity index (χ4n) is 1.06. The molecule has 0 saturated heterocycles. The maximum atomic E-state index is 12.3. The molecule has 0 aliphatic heterocycles. The summed E-state index contributed by atoms with van der Waals surface area (Å²) in [4.78, 5) is 46.1. The van der Waals surface area contributed by atoms with Crippen LogP contribution in [0, 0.1) is 0 Å². The molecule has 0 bridgehead atoms. The molecule has 0 fully saturated rings. The van der Waals surface area contributed by atoms with Crippen molar-refractivity contribution in [3.05, 3.63) is 0 Å². The first-order valence-corrected chi connectivity index (χ1v) is 13.1. The van der Waals surface area contributed by atoms with Crippen LogP contribution in [0.5, 0.6) is 0 Å². The first-order chi connectivity index (χ1) is 12.5. The summed E-state index contributed by atoms with van der Waals surface area (Å²) in [7, 11) is 1.32. The van der Waals surface area contributed by atoms with Crippen molar-refractivity contribution in [3.63, 3.8) is 0 Å². The van der Waals surface area contributed by atoms with Crippen LogP contribution < -0.4 is 16.4 Å². The standard InChI is InChI=1S/C12H22AsN3O6S/c1-13(2)23-6-8(11(20)15-5-10(18)19)16-9(17)4-3-7(14)12(21)22/h7-8H,3-6,14H2,1-2H3,(H,15,20)(H,16,17)(H,18,19)(H,21,22)/t7-,8-/m0/s1/i3D2,4D2,7D. The van der Waals surface area contributed by atoms with Crippen LogP contribution in [0.2, 0.25) is 11.4 Å². The van der Waals surface area contributed by atoms with E-state index in [9.17, 15) is 19.2 Å². The van der Waals surface area contributed by atoms with Crippen molar-refractivity contribution >= 4 is 47.3 Å². The van der Waals surface area contributed by atoms with Gasteiger partial charge in [0.15, 0.2) is 0 Å². The van der Waals surface area contributed by atoms with Gasteiger partial charge in [-0.2, -0.15) is 0 Å². The molecule has 0 rings (SSSR count). The molecule has 9 nitrogen and oxygen atoms in total. The average molecular weight is 416 g/mol. The van der Waals surface area contributed by atoms with Gasteiger partial charge in [0.1, 0.15) is 0 Å². The normalized spacial score (nSPS) is 19.0. The molecule has 23 heavy (non-hydrogen) atoms. The van der Waals surface area contributed by atoms with Crippen LogP contribution in [-0.2, 0) is 19.2 Å². The summed E-state index contributed by atoms with van der Waals surface area (Å²) < 4.78 is 38.0. The second-order valence-electron chi connectivity index (χ2n) is 4.21. The fourth-order valence-corrected chi connectivity index (χ4v) is 4.56. The molecule has 0 aromatic rings. The Bertz CT molecular complexity index is 637. The number of amides is 2. The Labute approximate surface area is 149 Å². The molecule has 0 aromatic heterocycles. The Balaban J connectivity index is 5.59. The van der Waals surface area contributed by atoms with Gasteiger partial charge in [0.25, 0.3) is 0 Å². The number of carboxylic acids is 2. The molecule has 0 heterocycles. The van der Waals surface area contributed by atoms with Crippen LogP contribution in [0.1, 0.15) is 19.6 Å². The molecule has 2 amide bonds. The van der Waals surface area contributed by atoms with Crippen molar-refractivity contribution in [2.24, 2.45) is 5.73 Å². The summed E-state index contributed by atoms with van der Waals surface area (Å²) in [6, 6.07) is -4.89. The molecule has 0 aliphatic carbocycles. The topological polar surface area (TPSA) is 159 Å². The second-order valence-corrected chi connectivity index (χ2v) is 13.6. The number of carbonyl (C=O) groups excluding carboxylic acids is 2. The summed E-state index contributed by atoms with van der Waals surface area (Å²) in [5.41, 5.74) is 8.89. The van der Waals surface area contributed by atoms with E-state index in [1.165, 1.54) is 10.0 Å². The van der Waals surface area contributed by atoms with Crippen molar-refractivity contribution in [1.29, 1.82) is 0 Å². The van der Waals surface area contributed by atoms with Gasteiger partial charge < -0.3 is 0 Å². The summed E-state index contributed by atoms with van der Waals surface area (Å²) in [5, 5.41) is 21.5. The minimum absolute atomic E-state index is 0.0309. The van der Waals surface area contributed by atoms with Gasteiger partial charge in [0.05, 0.1) is 0 Å². The van der Waals surface area contributed by atoms with E-state index >= 15 is 0 Å². The molecule has 6 N–H and O–H groups in total. The molecular formula is C12H22AsN3O6S. The molecule has 0 aliphatic rings. The number of hydrogen-bond acceptors (Lipinski definition) is 6. The van der Waals surface area contributed by atoms with Crippen LogP contribution in [0.25, 0.3) is 0 Å². The van der Waals surface area contributed by atoms with E-state index in [1.807, 2.05) is 22.1 Å². The van der Waals surface area contributed by atoms with Crippen molar-refractivity contribution in [2.75, 3.05) is 12.3 Å². The van der Waals surface area contributed by atoms with Crippen LogP contribution in [0.15, 0.2) is 0 Å². The fraction of sp³-hybridized carbons (Fsp3) is 0.667. The predicted octanol–water partition coefficient (Wildman–Crippen LogP) is -1.15. The van der Waals surface area contributed by atoms with E-state index in [4.69, 9.17) is 22.8 Å². The van der Waals surface area contributed by atoms with Crippen molar-refractivity contribution < 1.29 is 36.2 Å². The second kappa shape index (κ2) is 11.3. The van der Waals surface area contributed by atoms with Crippen LogP contribution >= 0.6 is 10.0 Å². The number of nitrogens with one attached hydrogen (secondary N) is 2. The molecule has 0 spiro atoms. The third-order valence-electron chi connectivity index (χ3n) is 2.08. The number of carboxylic acid groups (broad SMARTS) is 2. The van der Waals surface area contributed by atoms with E-state index in [2.05, 4.69) is 0 Å². The summed E-state index contributed by atoms with van der Waals surface area (Å²) in [5.74, 6) is -6.19. The van der Waals surface area contributed by atoms with Crippen molar-refractivity contribution in [2.45, 2.75) is 36.2 Å². The quantitative estimate of drug-likeness (QED) is 0.264. The third kappa shape index (κ3) is 11.0. The van der Waals surface area contributed by atoms with Gasteiger partial charge in [-0.3, -0.25) is 0 Å². The number of aliphatic carboxylic acids is 2. The van der Waals surface area contributed by atoms with Gasteiger partial charge in [-0.25, -0.2) is 0 Å². The third-order valence-corrected chi connectivity index (χ3v) is 7.26. The number of nitrogens with two attached hydrogens (primary N) is 1. The zero-order valence-corrected chi connectivity index (χ0v) is 15.1. The molecule has 2 atom stereocenters. The average Bonchev–Trinajstić information content (AvgIpc) is 2.55. The first kappa shape index (κ1) is 14.1. The Kier molecular flexibility index (Phi) is 6.94. The maximum absolute atomic E-state index is 12.3. The van der Waals surface area contributed by atoms with E-state index in [0.717, 1.165) is 0 Å². The van der Waals surface area contributed by atoms with Crippen molar-refractivity contribution in [3.8, 4) is 0 Å². The molecule has 0 aromatic carbocycles.